The lowest BCUT2D eigenvalue weighted by Gasteiger charge is -2.13. The van der Waals surface area contributed by atoms with E-state index in [1.54, 1.807) is 54.6 Å². The number of hydrogen-bond acceptors (Lipinski definition) is 8. The van der Waals surface area contributed by atoms with Crippen LogP contribution in [0.5, 0.6) is 23.0 Å². The third-order valence-electron chi connectivity index (χ3n) is 7.55. The fraction of sp³-hybridized carbons (Fsp3) is 0.162. The monoisotopic (exact) mass is 697 g/mol. The summed E-state index contributed by atoms with van der Waals surface area (Å²) in [5.41, 5.74) is 5.00. The number of carboxylic acid groups (broad SMARTS) is 2. The van der Waals surface area contributed by atoms with Gasteiger partial charge in [-0.15, -0.1) is 0 Å². The molecule has 49 heavy (non-hydrogen) atoms. The molecule has 1 atom stereocenters. The molecule has 2 aliphatic carbocycles. The summed E-state index contributed by atoms with van der Waals surface area (Å²) < 4.78 is 11.8. The lowest BCUT2D eigenvalue weighted by Crippen LogP contribution is -2.12. The fourth-order valence-electron chi connectivity index (χ4n) is 5.30. The number of aliphatic carboxylic acids is 2. The largest absolute Gasteiger partial charge is 0.478 e. The van der Waals surface area contributed by atoms with E-state index in [1.165, 1.54) is 11.1 Å². The van der Waals surface area contributed by atoms with Crippen LogP contribution >= 0.6 is 23.2 Å². The highest BCUT2D eigenvalue weighted by molar-refractivity contribution is 6.31. The van der Waals surface area contributed by atoms with E-state index in [0.717, 1.165) is 24.2 Å². The van der Waals surface area contributed by atoms with Crippen molar-refractivity contribution in [2.75, 3.05) is 7.05 Å². The molecule has 10 nitrogen and oxygen atoms in total. The first-order valence-electron chi connectivity index (χ1n) is 14.9. The van der Waals surface area contributed by atoms with Crippen LogP contribution in [0.4, 0.5) is 0 Å². The Morgan fingerprint density at radius 2 is 1.31 bits per heavy atom. The Balaban J connectivity index is 0.000000182. The second kappa shape index (κ2) is 17.0. The summed E-state index contributed by atoms with van der Waals surface area (Å²) in [4.78, 5) is 30.8. The van der Waals surface area contributed by atoms with Crippen molar-refractivity contribution in [3.8, 4) is 35.1 Å². The summed E-state index contributed by atoms with van der Waals surface area (Å²) in [7, 11) is 1.97. The maximum absolute atomic E-state index is 11.7. The predicted molar refractivity (Wildman–Crippen MR) is 183 cm³/mol. The maximum atomic E-state index is 11.7. The minimum Gasteiger partial charge on any atom is -0.478 e. The van der Waals surface area contributed by atoms with Crippen LogP contribution in [0, 0.1) is 22.7 Å². The second-order valence-corrected chi connectivity index (χ2v) is 11.5. The number of fused-ring (bicyclic) bond motifs is 2. The van der Waals surface area contributed by atoms with E-state index in [1.807, 2.05) is 19.2 Å². The zero-order valence-corrected chi connectivity index (χ0v) is 27.6. The van der Waals surface area contributed by atoms with E-state index in [0.29, 0.717) is 75.0 Å². The molecule has 0 fully saturated rings. The van der Waals surface area contributed by atoms with Gasteiger partial charge in [0.25, 0.3) is 0 Å². The van der Waals surface area contributed by atoms with Crippen LogP contribution in [0.2, 0.25) is 10.0 Å². The third kappa shape index (κ3) is 9.47. The zero-order chi connectivity index (χ0) is 35.5. The molecule has 248 valence electrons. The number of nitrogens with zero attached hydrogens (tertiary/aromatic N) is 2. The number of carbonyl (C=O) groups excluding carboxylic acids is 1. The Bertz CT molecular complexity index is 2000. The minimum absolute atomic E-state index is 0.136. The number of halogens is 2. The van der Waals surface area contributed by atoms with Gasteiger partial charge in [-0.2, -0.15) is 10.5 Å². The van der Waals surface area contributed by atoms with Crippen molar-refractivity contribution in [3.63, 3.8) is 0 Å². The molecule has 0 amide bonds. The van der Waals surface area contributed by atoms with Gasteiger partial charge in [0.1, 0.15) is 35.1 Å². The summed E-state index contributed by atoms with van der Waals surface area (Å²) in [6.07, 6.45) is 4.33. The Hall–Kier alpha value is -5.65. The van der Waals surface area contributed by atoms with E-state index < -0.39 is 11.9 Å². The van der Waals surface area contributed by atoms with Crippen LogP contribution < -0.4 is 14.8 Å². The Labute approximate surface area is 292 Å². The van der Waals surface area contributed by atoms with Gasteiger partial charge in [-0.3, -0.25) is 4.79 Å². The molecule has 4 aromatic rings. The van der Waals surface area contributed by atoms with Crippen molar-refractivity contribution in [2.24, 2.45) is 0 Å². The number of carbonyl (C=O) groups is 3. The molecule has 0 aromatic heterocycles. The molecule has 12 heteroatoms. The normalized spacial score (nSPS) is 13.8. The predicted octanol–water partition coefficient (Wildman–Crippen LogP) is 8.06. The van der Waals surface area contributed by atoms with Gasteiger partial charge in [0.05, 0.1) is 11.1 Å². The van der Waals surface area contributed by atoms with E-state index in [4.69, 9.17) is 48.2 Å². The third-order valence-corrected chi connectivity index (χ3v) is 8.02. The Kier molecular flexibility index (Phi) is 12.5. The lowest BCUT2D eigenvalue weighted by molar-refractivity contribution is -0.134. The van der Waals surface area contributed by atoms with Crippen LogP contribution in [-0.2, 0) is 22.4 Å². The fourth-order valence-corrected chi connectivity index (χ4v) is 5.62. The minimum atomic E-state index is -1.26. The highest BCUT2D eigenvalue weighted by atomic mass is 35.5. The van der Waals surface area contributed by atoms with E-state index in [-0.39, 0.29) is 5.78 Å². The number of ketones is 1. The topological polar surface area (TPSA) is 170 Å². The summed E-state index contributed by atoms with van der Waals surface area (Å²) >= 11 is 11.9. The first-order valence-corrected chi connectivity index (χ1v) is 15.6. The Morgan fingerprint density at radius 1 is 0.776 bits per heavy atom. The standard InChI is InChI=1S/C17H15ClN2O.C16H10ClNO2.C4H4O4/c1-20-15-8-7-14-13(15)3-2-4-16(14)21-17-9-12(18)6-5-11(17)10-19;17-11-5-4-10(9-18)16(8-11)20-15-3-1-2-12-13(15)6-7-14(12)19;5-3(6)1-2-4(7)8/h2-6,9,15,20H,7-8H2,1H3;1-5,8H,6-7H2;1-2H,(H,5,6)(H,7,8). The van der Waals surface area contributed by atoms with Gasteiger partial charge in [-0.05, 0) is 73.8 Å². The molecular formula is C37H29Cl2N3O7. The van der Waals surface area contributed by atoms with Crippen LogP contribution in [0.25, 0.3) is 0 Å². The van der Waals surface area contributed by atoms with Crippen LogP contribution in [0.1, 0.15) is 57.1 Å². The number of ether oxygens (including phenoxy) is 2. The molecule has 0 aliphatic heterocycles. The number of carboxylic acids is 2. The highest BCUT2D eigenvalue weighted by Gasteiger charge is 2.25. The molecule has 0 bridgehead atoms. The quantitative estimate of drug-likeness (QED) is 0.161. The molecule has 0 saturated heterocycles. The molecule has 0 saturated carbocycles. The average molecular weight is 699 g/mol. The SMILES string of the molecule is CNC1CCc2c(Oc3cc(Cl)ccc3C#N)cccc21.N#Cc1ccc(Cl)cc1Oc1cccc2c1CCC2=O.O=C(O)C=CC(=O)O. The summed E-state index contributed by atoms with van der Waals surface area (Å²) in [5, 5.41) is 38.3. The number of rotatable bonds is 7. The maximum Gasteiger partial charge on any atom is 0.328 e. The number of benzene rings is 4. The van der Waals surface area contributed by atoms with Crippen molar-refractivity contribution >= 4 is 40.9 Å². The number of nitriles is 2. The van der Waals surface area contributed by atoms with Crippen molar-refractivity contribution in [2.45, 2.75) is 31.7 Å². The first-order chi connectivity index (χ1) is 23.5. The van der Waals surface area contributed by atoms with E-state index in [9.17, 15) is 19.6 Å². The smallest absolute Gasteiger partial charge is 0.328 e. The molecule has 1 unspecified atom stereocenters. The molecule has 0 radical (unpaired) electrons. The van der Waals surface area contributed by atoms with Gasteiger partial charge < -0.3 is 25.0 Å². The van der Waals surface area contributed by atoms with Gasteiger partial charge in [-0.25, -0.2) is 9.59 Å². The molecule has 4 aromatic carbocycles. The Morgan fingerprint density at radius 3 is 1.82 bits per heavy atom. The van der Waals surface area contributed by atoms with Gasteiger partial charge in [0, 0.05) is 57.9 Å². The van der Waals surface area contributed by atoms with Crippen LogP contribution in [0.3, 0.4) is 0 Å². The van der Waals surface area contributed by atoms with Gasteiger partial charge in [0.15, 0.2) is 5.78 Å². The first kappa shape index (κ1) is 36.2. The molecular weight excluding hydrogens is 669 g/mol. The molecule has 0 spiro atoms. The van der Waals surface area contributed by atoms with Crippen molar-refractivity contribution in [3.05, 3.63) is 128 Å². The van der Waals surface area contributed by atoms with Crippen LogP contribution in [0.15, 0.2) is 84.9 Å². The zero-order valence-electron chi connectivity index (χ0n) is 26.1. The molecule has 0 heterocycles. The number of hydrogen-bond donors (Lipinski definition) is 3. The van der Waals surface area contributed by atoms with Crippen LogP contribution in [-0.4, -0.2) is 35.0 Å². The summed E-state index contributed by atoms with van der Waals surface area (Å²) in [5.74, 6) is -0.0351. The molecule has 3 N–H and O–H groups in total. The highest BCUT2D eigenvalue weighted by Crippen LogP contribution is 2.39. The summed E-state index contributed by atoms with van der Waals surface area (Å²) in [6, 6.07) is 26.0. The van der Waals surface area contributed by atoms with Gasteiger partial charge in [-0.1, -0.05) is 47.5 Å². The lowest BCUT2D eigenvalue weighted by atomic mass is 10.1. The van der Waals surface area contributed by atoms with Gasteiger partial charge >= 0.3 is 11.9 Å². The summed E-state index contributed by atoms with van der Waals surface area (Å²) in [6.45, 7) is 0. The molecule has 2 aliphatic rings. The van der Waals surface area contributed by atoms with Gasteiger partial charge in [0.2, 0.25) is 0 Å². The van der Waals surface area contributed by atoms with E-state index >= 15 is 0 Å². The number of nitrogens with one attached hydrogen (secondary N) is 1. The molecule has 6 rings (SSSR count). The second-order valence-electron chi connectivity index (χ2n) is 10.6. The van der Waals surface area contributed by atoms with Crippen molar-refractivity contribution < 1.29 is 34.1 Å². The van der Waals surface area contributed by atoms with Crippen molar-refractivity contribution in [1.82, 2.24) is 5.32 Å². The van der Waals surface area contributed by atoms with Crippen molar-refractivity contribution in [1.29, 1.82) is 10.5 Å². The van der Waals surface area contributed by atoms with E-state index in [2.05, 4.69) is 23.5 Å². The average Bonchev–Trinajstić information content (AvgIpc) is 3.69. The number of Topliss-reactive ketones (excluding diaryl/α,β-unsaturated/α-hetero) is 1.